The summed E-state index contributed by atoms with van der Waals surface area (Å²) in [6.07, 6.45) is -2.84. The molecule has 3 N–H and O–H groups in total. The topological polar surface area (TPSA) is 67.6 Å². The average Bonchev–Trinajstić information content (AvgIpc) is 2.56. The minimum Gasteiger partial charge on any atom is -0.383 e. The monoisotopic (exact) mass is 359 g/mol. The van der Waals surface area contributed by atoms with E-state index < -0.39 is 17.8 Å². The van der Waals surface area contributed by atoms with E-state index in [0.717, 1.165) is 18.9 Å². The number of alkyl halides is 3. The Morgan fingerprint density at radius 3 is 2.68 bits per heavy atom. The fraction of sp³-hybridized carbons (Fsp3) is 0.588. The second kappa shape index (κ2) is 8.64. The fourth-order valence-corrected chi connectivity index (χ4v) is 2.90. The number of amides is 1. The van der Waals surface area contributed by atoms with Crippen LogP contribution >= 0.6 is 0 Å². The minimum absolute atomic E-state index is 0.0353. The molecule has 1 fully saturated rings. The number of halogens is 3. The maximum absolute atomic E-state index is 12.8. The number of nitrogens with zero attached hydrogens (tertiary/aromatic N) is 1. The molecule has 25 heavy (non-hydrogen) atoms. The first-order chi connectivity index (χ1) is 11.8. The van der Waals surface area contributed by atoms with E-state index in [1.54, 1.807) is 6.07 Å². The first-order valence-electron chi connectivity index (χ1n) is 8.23. The Morgan fingerprint density at radius 1 is 1.40 bits per heavy atom. The van der Waals surface area contributed by atoms with Crippen LogP contribution in [0.15, 0.2) is 24.3 Å². The Hall–Kier alpha value is -1.64. The molecule has 5 nitrogen and oxygen atoms in total. The summed E-state index contributed by atoms with van der Waals surface area (Å²) in [5.74, 6) is -0.238. The molecule has 1 heterocycles. The predicted molar refractivity (Wildman–Crippen MR) is 87.7 cm³/mol. The van der Waals surface area contributed by atoms with Crippen LogP contribution in [0.2, 0.25) is 0 Å². The summed E-state index contributed by atoms with van der Waals surface area (Å²) in [7, 11) is 1.49. The third-order valence-electron chi connectivity index (χ3n) is 4.28. The highest BCUT2D eigenvalue weighted by atomic mass is 19.4. The third-order valence-corrected chi connectivity index (χ3v) is 4.28. The molecule has 1 aromatic carbocycles. The Kier molecular flexibility index (Phi) is 6.80. The minimum atomic E-state index is -4.33. The highest BCUT2D eigenvalue weighted by Crippen LogP contribution is 2.29. The lowest BCUT2D eigenvalue weighted by atomic mass is 10.0. The molecule has 1 atom stereocenters. The van der Waals surface area contributed by atoms with Crippen LogP contribution in [0.5, 0.6) is 0 Å². The number of methoxy groups -OCH3 is 1. The van der Waals surface area contributed by atoms with Gasteiger partial charge < -0.3 is 15.8 Å². The maximum Gasteiger partial charge on any atom is 0.416 e. The van der Waals surface area contributed by atoms with Crippen LogP contribution < -0.4 is 11.1 Å². The number of carbonyl (C=O) groups excluding carboxylic acids is 1. The van der Waals surface area contributed by atoms with Gasteiger partial charge in [0.25, 0.3) is 0 Å². The van der Waals surface area contributed by atoms with Gasteiger partial charge >= 0.3 is 6.18 Å². The number of likely N-dealkylation sites (tertiary alicyclic amines) is 1. The number of carbonyl (C=O) groups is 1. The van der Waals surface area contributed by atoms with Crippen LogP contribution in [0.3, 0.4) is 0 Å². The Morgan fingerprint density at radius 2 is 2.08 bits per heavy atom. The van der Waals surface area contributed by atoms with E-state index in [4.69, 9.17) is 10.5 Å². The summed E-state index contributed by atoms with van der Waals surface area (Å²) in [6.45, 7) is 2.05. The predicted octanol–water partition coefficient (Wildman–Crippen LogP) is 1.76. The van der Waals surface area contributed by atoms with E-state index in [1.165, 1.54) is 19.2 Å². The molecule has 1 saturated heterocycles. The van der Waals surface area contributed by atoms with Crippen molar-refractivity contribution in [1.82, 2.24) is 10.2 Å². The Balaban J connectivity index is 1.82. The highest BCUT2D eigenvalue weighted by Gasteiger charge is 2.30. The van der Waals surface area contributed by atoms with E-state index in [2.05, 4.69) is 10.2 Å². The van der Waals surface area contributed by atoms with E-state index in [9.17, 15) is 18.0 Å². The highest BCUT2D eigenvalue weighted by molar-refractivity contribution is 5.81. The second-order valence-corrected chi connectivity index (χ2v) is 6.32. The zero-order valence-corrected chi connectivity index (χ0v) is 14.2. The van der Waals surface area contributed by atoms with Gasteiger partial charge in [-0.3, -0.25) is 9.69 Å². The van der Waals surface area contributed by atoms with Gasteiger partial charge in [-0.05, 0) is 24.5 Å². The number of piperidine rings is 1. The van der Waals surface area contributed by atoms with E-state index in [0.29, 0.717) is 25.2 Å². The van der Waals surface area contributed by atoms with Crippen LogP contribution in [0, 0.1) is 0 Å². The van der Waals surface area contributed by atoms with Gasteiger partial charge in [0.1, 0.15) is 6.04 Å². The number of ether oxygens (including phenoxy) is 1. The third kappa shape index (κ3) is 5.98. The lowest BCUT2D eigenvalue weighted by molar-refractivity contribution is -0.137. The van der Waals surface area contributed by atoms with E-state index >= 15 is 0 Å². The first-order valence-corrected chi connectivity index (χ1v) is 8.23. The molecule has 0 aliphatic carbocycles. The van der Waals surface area contributed by atoms with Crippen LogP contribution in [-0.2, 0) is 22.3 Å². The van der Waals surface area contributed by atoms with Crippen molar-refractivity contribution in [3.05, 3.63) is 35.4 Å². The molecule has 8 heteroatoms. The summed E-state index contributed by atoms with van der Waals surface area (Å²) in [5.41, 5.74) is 5.70. The van der Waals surface area contributed by atoms with Crippen molar-refractivity contribution >= 4 is 5.91 Å². The van der Waals surface area contributed by atoms with Gasteiger partial charge in [0, 0.05) is 32.8 Å². The van der Waals surface area contributed by atoms with Gasteiger partial charge in [0.15, 0.2) is 0 Å². The second-order valence-electron chi connectivity index (χ2n) is 6.32. The summed E-state index contributed by atoms with van der Waals surface area (Å²) >= 11 is 0. The Labute approximate surface area is 145 Å². The molecule has 1 aliphatic rings. The molecule has 0 spiro atoms. The molecule has 0 radical (unpaired) electrons. The quantitative estimate of drug-likeness (QED) is 0.812. The van der Waals surface area contributed by atoms with Crippen molar-refractivity contribution < 1.29 is 22.7 Å². The molecule has 0 bridgehead atoms. The summed E-state index contributed by atoms with van der Waals surface area (Å²) in [5, 5.41) is 2.90. The van der Waals surface area contributed by atoms with Gasteiger partial charge in [-0.25, -0.2) is 0 Å². The zero-order chi connectivity index (χ0) is 18.4. The van der Waals surface area contributed by atoms with Gasteiger partial charge in [-0.1, -0.05) is 18.2 Å². The molecule has 1 aliphatic heterocycles. The van der Waals surface area contributed by atoms with Crippen LogP contribution in [-0.4, -0.2) is 49.7 Å². The van der Waals surface area contributed by atoms with Crippen LogP contribution in [0.1, 0.15) is 24.0 Å². The van der Waals surface area contributed by atoms with Crippen molar-refractivity contribution in [2.24, 2.45) is 5.73 Å². The largest absolute Gasteiger partial charge is 0.416 e. The molecule has 140 valence electrons. The van der Waals surface area contributed by atoms with Crippen molar-refractivity contribution in [2.45, 2.75) is 37.6 Å². The molecule has 1 unspecified atom stereocenters. The van der Waals surface area contributed by atoms with Gasteiger partial charge in [-0.15, -0.1) is 0 Å². The van der Waals surface area contributed by atoms with Gasteiger partial charge in [0.2, 0.25) is 5.91 Å². The normalized spacial score (nSPS) is 18.1. The average molecular weight is 359 g/mol. The number of nitrogens with one attached hydrogen (secondary N) is 1. The van der Waals surface area contributed by atoms with Crippen LogP contribution in [0.4, 0.5) is 13.2 Å². The van der Waals surface area contributed by atoms with Crippen molar-refractivity contribution in [3.63, 3.8) is 0 Å². The molecule has 1 aromatic rings. The number of hydrogen-bond acceptors (Lipinski definition) is 4. The lowest BCUT2D eigenvalue weighted by Crippen LogP contribution is -2.50. The fourth-order valence-electron chi connectivity index (χ4n) is 2.90. The molecule has 0 aromatic heterocycles. The maximum atomic E-state index is 12.8. The van der Waals surface area contributed by atoms with Crippen molar-refractivity contribution in [1.29, 1.82) is 0 Å². The van der Waals surface area contributed by atoms with Crippen molar-refractivity contribution in [3.8, 4) is 0 Å². The number of rotatable bonds is 6. The first kappa shape index (κ1) is 19.7. The van der Waals surface area contributed by atoms with E-state index in [1.807, 2.05) is 0 Å². The number of benzene rings is 1. The molecular formula is C17H24F3N3O2. The SMILES string of the molecule is COCC(N)C(=O)NC1CCN(Cc2cccc(C(F)(F)F)c2)CC1. The standard InChI is InChI=1S/C17H24F3N3O2/c1-25-11-15(21)16(24)22-14-5-7-23(8-6-14)10-12-3-2-4-13(9-12)17(18,19)20/h2-4,9,14-15H,5-8,10-11,21H2,1H3,(H,22,24). The van der Waals surface area contributed by atoms with E-state index in [-0.39, 0.29) is 18.6 Å². The molecular weight excluding hydrogens is 335 g/mol. The summed E-state index contributed by atoms with van der Waals surface area (Å²) in [4.78, 5) is 14.0. The molecule has 0 saturated carbocycles. The number of nitrogens with two attached hydrogens (primary N) is 1. The number of hydrogen-bond donors (Lipinski definition) is 2. The Bertz CT molecular complexity index is 573. The summed E-state index contributed by atoms with van der Waals surface area (Å²) in [6, 6.07) is 4.75. The zero-order valence-electron chi connectivity index (χ0n) is 14.2. The van der Waals surface area contributed by atoms with Crippen molar-refractivity contribution in [2.75, 3.05) is 26.8 Å². The van der Waals surface area contributed by atoms with Gasteiger partial charge in [-0.2, -0.15) is 13.2 Å². The lowest BCUT2D eigenvalue weighted by Gasteiger charge is -2.33. The molecule has 2 rings (SSSR count). The van der Waals surface area contributed by atoms with Gasteiger partial charge in [0.05, 0.1) is 12.2 Å². The summed E-state index contributed by atoms with van der Waals surface area (Å²) < 4.78 is 43.2. The molecule has 1 amide bonds. The van der Waals surface area contributed by atoms with Crippen LogP contribution in [0.25, 0.3) is 0 Å². The smallest absolute Gasteiger partial charge is 0.383 e.